The molecule has 2 aromatic rings. The molecule has 0 aliphatic rings. The Morgan fingerprint density at radius 2 is 2.33 bits per heavy atom. The van der Waals surface area contributed by atoms with Crippen molar-refractivity contribution in [2.75, 3.05) is 0 Å². The van der Waals surface area contributed by atoms with Crippen LogP contribution in [0.1, 0.15) is 22.9 Å². The highest BCUT2D eigenvalue weighted by Crippen LogP contribution is 2.22. The van der Waals surface area contributed by atoms with Crippen molar-refractivity contribution in [1.29, 1.82) is 0 Å². The molecule has 2 rings (SSSR count). The summed E-state index contributed by atoms with van der Waals surface area (Å²) in [5, 5.41) is 12.1. The molecule has 0 aliphatic heterocycles. The van der Waals surface area contributed by atoms with Gasteiger partial charge in [0.2, 0.25) is 0 Å². The van der Waals surface area contributed by atoms with E-state index in [9.17, 15) is 0 Å². The molecule has 0 bridgehead atoms. The van der Waals surface area contributed by atoms with Gasteiger partial charge in [-0.3, -0.25) is 4.68 Å². The van der Waals surface area contributed by atoms with Gasteiger partial charge in [0.05, 0.1) is 5.69 Å². The van der Waals surface area contributed by atoms with Crippen molar-refractivity contribution in [1.82, 2.24) is 15.0 Å². The van der Waals surface area contributed by atoms with Gasteiger partial charge in [0.15, 0.2) is 0 Å². The average Bonchev–Trinajstić information content (AvgIpc) is 2.75. The SMILES string of the molecule is Cc1cscc1C(N)Cc1cn(C)nn1. The Hall–Kier alpha value is -1.20. The van der Waals surface area contributed by atoms with E-state index in [1.807, 2.05) is 13.2 Å². The molecule has 80 valence electrons. The first-order valence-electron chi connectivity index (χ1n) is 4.80. The number of aryl methyl sites for hydroxylation is 2. The number of hydrogen-bond acceptors (Lipinski definition) is 4. The molecule has 1 atom stereocenters. The minimum Gasteiger partial charge on any atom is -0.324 e. The molecule has 2 heterocycles. The normalized spacial score (nSPS) is 13.0. The number of nitrogens with two attached hydrogens (primary N) is 1. The zero-order chi connectivity index (χ0) is 10.8. The van der Waals surface area contributed by atoms with Crippen molar-refractivity contribution in [3.63, 3.8) is 0 Å². The van der Waals surface area contributed by atoms with E-state index in [0.29, 0.717) is 0 Å². The summed E-state index contributed by atoms with van der Waals surface area (Å²) in [6.07, 6.45) is 2.65. The number of rotatable bonds is 3. The van der Waals surface area contributed by atoms with Crippen molar-refractivity contribution < 1.29 is 0 Å². The Kier molecular flexibility index (Phi) is 2.83. The van der Waals surface area contributed by atoms with Crippen LogP contribution in [-0.4, -0.2) is 15.0 Å². The van der Waals surface area contributed by atoms with Gasteiger partial charge >= 0.3 is 0 Å². The maximum atomic E-state index is 6.11. The molecule has 0 spiro atoms. The summed E-state index contributed by atoms with van der Waals surface area (Å²) >= 11 is 1.69. The third-order valence-corrected chi connectivity index (χ3v) is 3.25. The van der Waals surface area contributed by atoms with Crippen molar-refractivity contribution in [3.8, 4) is 0 Å². The molecule has 0 fully saturated rings. The minimum atomic E-state index is 0.0212. The van der Waals surface area contributed by atoms with E-state index in [-0.39, 0.29) is 6.04 Å². The van der Waals surface area contributed by atoms with Crippen LogP contribution in [0, 0.1) is 6.92 Å². The van der Waals surface area contributed by atoms with Crippen molar-refractivity contribution >= 4 is 11.3 Å². The topological polar surface area (TPSA) is 56.7 Å². The quantitative estimate of drug-likeness (QED) is 0.854. The molecule has 2 aromatic heterocycles. The first-order chi connectivity index (χ1) is 7.16. The van der Waals surface area contributed by atoms with Crippen LogP contribution in [0.4, 0.5) is 0 Å². The Labute approximate surface area is 92.7 Å². The number of nitrogens with zero attached hydrogens (tertiary/aromatic N) is 3. The Morgan fingerprint density at radius 3 is 2.87 bits per heavy atom. The molecular formula is C10H14N4S. The van der Waals surface area contributed by atoms with E-state index in [4.69, 9.17) is 5.73 Å². The van der Waals surface area contributed by atoms with E-state index in [1.54, 1.807) is 16.0 Å². The van der Waals surface area contributed by atoms with E-state index in [0.717, 1.165) is 12.1 Å². The molecule has 1 unspecified atom stereocenters. The number of thiophene rings is 1. The molecular weight excluding hydrogens is 208 g/mol. The molecule has 0 saturated carbocycles. The van der Waals surface area contributed by atoms with Gasteiger partial charge in [0.1, 0.15) is 0 Å². The van der Waals surface area contributed by atoms with Crippen molar-refractivity contribution in [3.05, 3.63) is 33.8 Å². The van der Waals surface area contributed by atoms with E-state index in [1.165, 1.54) is 11.1 Å². The Morgan fingerprint density at radius 1 is 1.53 bits per heavy atom. The molecule has 0 aliphatic carbocycles. The predicted molar refractivity (Wildman–Crippen MR) is 60.7 cm³/mol. The summed E-state index contributed by atoms with van der Waals surface area (Å²) in [6.45, 7) is 2.09. The predicted octanol–water partition coefficient (Wildman–Crippen LogP) is 1.43. The van der Waals surface area contributed by atoms with Gasteiger partial charge in [0, 0.05) is 25.7 Å². The average molecular weight is 222 g/mol. The van der Waals surface area contributed by atoms with E-state index >= 15 is 0 Å². The first kappa shape index (κ1) is 10.3. The van der Waals surface area contributed by atoms with Crippen molar-refractivity contribution in [2.24, 2.45) is 12.8 Å². The summed E-state index contributed by atoms with van der Waals surface area (Å²) in [5.74, 6) is 0. The molecule has 0 radical (unpaired) electrons. The summed E-state index contributed by atoms with van der Waals surface area (Å²) < 4.78 is 1.70. The fraction of sp³-hybridized carbons (Fsp3) is 0.400. The number of hydrogen-bond donors (Lipinski definition) is 1. The van der Waals surface area contributed by atoms with Gasteiger partial charge < -0.3 is 5.73 Å². The second-order valence-corrected chi connectivity index (χ2v) is 4.45. The maximum Gasteiger partial charge on any atom is 0.0845 e. The second-order valence-electron chi connectivity index (χ2n) is 3.70. The maximum absolute atomic E-state index is 6.11. The third-order valence-electron chi connectivity index (χ3n) is 2.37. The summed E-state index contributed by atoms with van der Waals surface area (Å²) in [6, 6.07) is 0.0212. The van der Waals surface area contributed by atoms with Gasteiger partial charge in [-0.25, -0.2) is 0 Å². The molecule has 5 heteroatoms. The van der Waals surface area contributed by atoms with Gasteiger partial charge in [-0.15, -0.1) is 5.10 Å². The van der Waals surface area contributed by atoms with Gasteiger partial charge in [-0.2, -0.15) is 11.3 Å². The van der Waals surface area contributed by atoms with Crippen LogP contribution in [0.25, 0.3) is 0 Å². The third kappa shape index (κ3) is 2.24. The van der Waals surface area contributed by atoms with Crippen molar-refractivity contribution in [2.45, 2.75) is 19.4 Å². The largest absolute Gasteiger partial charge is 0.324 e. The number of aromatic nitrogens is 3. The zero-order valence-electron chi connectivity index (χ0n) is 8.84. The zero-order valence-corrected chi connectivity index (χ0v) is 9.66. The summed E-state index contributed by atoms with van der Waals surface area (Å²) in [5.41, 5.74) is 9.53. The van der Waals surface area contributed by atoms with Crippen LogP contribution in [0.3, 0.4) is 0 Å². The monoisotopic (exact) mass is 222 g/mol. The summed E-state index contributed by atoms with van der Waals surface area (Å²) in [7, 11) is 1.86. The molecule has 2 N–H and O–H groups in total. The van der Waals surface area contributed by atoms with E-state index < -0.39 is 0 Å². The Balaban J connectivity index is 2.10. The Bertz CT molecular complexity index is 446. The summed E-state index contributed by atoms with van der Waals surface area (Å²) in [4.78, 5) is 0. The van der Waals surface area contributed by atoms with Crippen LogP contribution in [0.2, 0.25) is 0 Å². The second kappa shape index (κ2) is 4.12. The van der Waals surface area contributed by atoms with Crippen LogP contribution in [0.15, 0.2) is 17.0 Å². The highest BCUT2D eigenvalue weighted by Gasteiger charge is 2.12. The molecule has 0 aromatic carbocycles. The van der Waals surface area contributed by atoms with Crippen LogP contribution >= 0.6 is 11.3 Å². The molecule has 0 amide bonds. The van der Waals surface area contributed by atoms with Gasteiger partial charge in [-0.1, -0.05) is 5.21 Å². The lowest BCUT2D eigenvalue weighted by atomic mass is 10.0. The highest BCUT2D eigenvalue weighted by molar-refractivity contribution is 7.08. The van der Waals surface area contributed by atoms with E-state index in [2.05, 4.69) is 28.0 Å². The molecule has 15 heavy (non-hydrogen) atoms. The first-order valence-corrected chi connectivity index (χ1v) is 5.74. The standard InChI is InChI=1S/C10H14N4S/c1-7-5-15-6-9(7)10(11)3-8-4-14(2)13-12-8/h4-6,10H,3,11H2,1-2H3. The minimum absolute atomic E-state index is 0.0212. The van der Waals surface area contributed by atoms with Gasteiger partial charge in [-0.05, 0) is 28.8 Å². The van der Waals surface area contributed by atoms with Crippen LogP contribution < -0.4 is 5.73 Å². The fourth-order valence-electron chi connectivity index (χ4n) is 1.57. The lowest BCUT2D eigenvalue weighted by Gasteiger charge is -2.08. The smallest absolute Gasteiger partial charge is 0.0845 e. The highest BCUT2D eigenvalue weighted by atomic mass is 32.1. The molecule has 4 nitrogen and oxygen atoms in total. The lowest BCUT2D eigenvalue weighted by Crippen LogP contribution is -2.13. The molecule has 0 saturated heterocycles. The van der Waals surface area contributed by atoms with Crippen LogP contribution in [-0.2, 0) is 13.5 Å². The van der Waals surface area contributed by atoms with Gasteiger partial charge in [0.25, 0.3) is 0 Å². The van der Waals surface area contributed by atoms with Crippen LogP contribution in [0.5, 0.6) is 0 Å². The lowest BCUT2D eigenvalue weighted by molar-refractivity contribution is 0.693. The fourth-order valence-corrected chi connectivity index (χ4v) is 2.49.